The first kappa shape index (κ1) is 26.0. The summed E-state index contributed by atoms with van der Waals surface area (Å²) in [6.45, 7) is -0.240. The average Bonchev–Trinajstić information content (AvgIpc) is 3.37. The van der Waals surface area contributed by atoms with Crippen LogP contribution in [-0.2, 0) is 20.9 Å². The number of rotatable bonds is 5. The van der Waals surface area contributed by atoms with Gasteiger partial charge in [0.1, 0.15) is 11.8 Å². The number of aromatic nitrogens is 2. The Balaban J connectivity index is 1.39. The number of nitrogens with one attached hydrogen (secondary N) is 1. The number of halogens is 2. The normalized spacial score (nSPS) is 20.1. The zero-order valence-electron chi connectivity index (χ0n) is 19.9. The number of anilines is 2. The summed E-state index contributed by atoms with van der Waals surface area (Å²) in [5.41, 5.74) is 1.76. The van der Waals surface area contributed by atoms with Gasteiger partial charge in [-0.2, -0.15) is 0 Å². The van der Waals surface area contributed by atoms with E-state index in [2.05, 4.69) is 26.2 Å². The minimum Gasteiger partial charge on any atom is -0.325 e. The van der Waals surface area contributed by atoms with Gasteiger partial charge in [-0.25, -0.2) is 4.90 Å². The number of thioether (sulfide) groups is 1. The molecule has 6 rings (SSSR count). The highest BCUT2D eigenvalue weighted by molar-refractivity contribution is 9.10. The third-order valence-corrected chi connectivity index (χ3v) is 9.99. The van der Waals surface area contributed by atoms with Crippen LogP contribution in [0.15, 0.2) is 87.4 Å². The molecule has 1 N–H and O–H groups in total. The maximum atomic E-state index is 13.8. The fourth-order valence-electron chi connectivity index (χ4n) is 4.90. The lowest BCUT2D eigenvalue weighted by Crippen LogP contribution is -2.33. The van der Waals surface area contributed by atoms with E-state index in [1.54, 1.807) is 67.0 Å². The Morgan fingerprint density at radius 3 is 2.46 bits per heavy atom. The molecule has 4 heterocycles. The Kier molecular flexibility index (Phi) is 6.92. The monoisotopic (exact) mass is 640 g/mol. The second kappa shape index (κ2) is 10.4. The minimum atomic E-state index is -0.765. The van der Waals surface area contributed by atoms with Gasteiger partial charge in [-0.1, -0.05) is 56.7 Å². The third-order valence-electron chi connectivity index (χ3n) is 6.61. The number of nitrogens with zero attached hydrogens (tertiary/aromatic N) is 3. The molecule has 1 fully saturated rings. The van der Waals surface area contributed by atoms with E-state index < -0.39 is 23.0 Å². The van der Waals surface area contributed by atoms with Gasteiger partial charge >= 0.3 is 4.87 Å². The number of thiazole rings is 1. The Labute approximate surface area is 244 Å². The number of amides is 3. The van der Waals surface area contributed by atoms with E-state index in [1.165, 1.54) is 21.2 Å². The van der Waals surface area contributed by atoms with Crippen molar-refractivity contribution in [1.29, 1.82) is 0 Å². The van der Waals surface area contributed by atoms with Crippen LogP contribution in [0.5, 0.6) is 0 Å². The van der Waals surface area contributed by atoms with Crippen molar-refractivity contribution < 1.29 is 14.4 Å². The van der Waals surface area contributed by atoms with E-state index in [0.29, 0.717) is 26.3 Å². The number of imide groups is 1. The molecule has 0 saturated carbocycles. The van der Waals surface area contributed by atoms with Crippen LogP contribution in [0.3, 0.4) is 0 Å². The molecular weight excluding hydrogens is 624 g/mol. The van der Waals surface area contributed by atoms with Gasteiger partial charge in [0.15, 0.2) is 0 Å². The molecule has 196 valence electrons. The molecule has 0 aliphatic carbocycles. The van der Waals surface area contributed by atoms with Crippen molar-refractivity contribution in [2.75, 3.05) is 10.2 Å². The van der Waals surface area contributed by atoms with E-state index in [0.717, 1.165) is 21.4 Å². The van der Waals surface area contributed by atoms with Crippen molar-refractivity contribution >= 4 is 79.7 Å². The maximum absolute atomic E-state index is 13.8. The van der Waals surface area contributed by atoms with E-state index in [1.807, 2.05) is 6.07 Å². The Morgan fingerprint density at radius 2 is 1.77 bits per heavy atom. The van der Waals surface area contributed by atoms with Crippen molar-refractivity contribution in [3.8, 4) is 0 Å². The first-order chi connectivity index (χ1) is 18.8. The highest BCUT2D eigenvalue weighted by Gasteiger charge is 2.56. The molecule has 39 heavy (non-hydrogen) atoms. The predicted molar refractivity (Wildman–Crippen MR) is 155 cm³/mol. The van der Waals surface area contributed by atoms with Crippen LogP contribution in [0, 0.1) is 5.92 Å². The van der Waals surface area contributed by atoms with E-state index in [-0.39, 0.29) is 23.2 Å². The molecule has 0 radical (unpaired) electrons. The molecule has 3 atom stereocenters. The maximum Gasteiger partial charge on any atom is 0.308 e. The van der Waals surface area contributed by atoms with Crippen molar-refractivity contribution in [3.05, 3.63) is 103 Å². The molecule has 3 unspecified atom stereocenters. The molecule has 8 nitrogen and oxygen atoms in total. The molecular formula is C27H18BrClN4O4S2. The molecule has 2 aliphatic heterocycles. The van der Waals surface area contributed by atoms with Crippen LogP contribution in [0.1, 0.15) is 16.4 Å². The minimum absolute atomic E-state index is 0.240. The molecule has 12 heteroatoms. The van der Waals surface area contributed by atoms with Crippen LogP contribution in [-0.4, -0.2) is 32.5 Å². The lowest BCUT2D eigenvalue weighted by Gasteiger charge is -2.30. The number of benzene rings is 2. The van der Waals surface area contributed by atoms with Gasteiger partial charge < -0.3 is 5.32 Å². The number of hydrogen-bond acceptors (Lipinski definition) is 7. The van der Waals surface area contributed by atoms with Gasteiger partial charge in [0, 0.05) is 38.4 Å². The fourth-order valence-corrected chi connectivity index (χ4v) is 8.06. The predicted octanol–water partition coefficient (Wildman–Crippen LogP) is 5.16. The largest absolute Gasteiger partial charge is 0.325 e. The SMILES string of the molecule is O=C(Cn1c2c(sc1=O)C(c1cccnc1)C1C(=O)N(c3ccc(Br)cc3)C(=O)C1S2)Nc1ccc(Cl)cc1. The first-order valence-electron chi connectivity index (χ1n) is 11.8. The highest BCUT2D eigenvalue weighted by Crippen LogP contribution is 2.53. The Hall–Kier alpha value is -3.25. The number of carbonyl (C=O) groups excluding carboxylic acids is 3. The summed E-state index contributed by atoms with van der Waals surface area (Å²) in [5, 5.41) is 3.07. The third kappa shape index (κ3) is 4.73. The molecule has 0 bridgehead atoms. The topological polar surface area (TPSA) is 101 Å². The summed E-state index contributed by atoms with van der Waals surface area (Å²) in [6.07, 6.45) is 3.28. The number of pyridine rings is 1. The van der Waals surface area contributed by atoms with Gasteiger partial charge in [-0.3, -0.25) is 28.7 Å². The van der Waals surface area contributed by atoms with Crippen molar-refractivity contribution in [2.24, 2.45) is 5.92 Å². The van der Waals surface area contributed by atoms with Crippen molar-refractivity contribution in [2.45, 2.75) is 22.7 Å². The van der Waals surface area contributed by atoms with E-state index in [4.69, 9.17) is 11.6 Å². The van der Waals surface area contributed by atoms with Crippen LogP contribution < -0.4 is 15.1 Å². The van der Waals surface area contributed by atoms with Crippen LogP contribution >= 0.6 is 50.6 Å². The smallest absolute Gasteiger partial charge is 0.308 e. The van der Waals surface area contributed by atoms with Crippen LogP contribution in [0.2, 0.25) is 5.02 Å². The van der Waals surface area contributed by atoms with Crippen molar-refractivity contribution in [3.63, 3.8) is 0 Å². The van der Waals surface area contributed by atoms with E-state index in [9.17, 15) is 19.2 Å². The van der Waals surface area contributed by atoms with Crippen molar-refractivity contribution in [1.82, 2.24) is 9.55 Å². The molecule has 2 aromatic heterocycles. The summed E-state index contributed by atoms with van der Waals surface area (Å²) in [4.78, 5) is 59.4. The second-order valence-electron chi connectivity index (χ2n) is 9.00. The Bertz CT molecular complexity index is 1660. The zero-order chi connectivity index (χ0) is 27.3. The standard InChI is InChI=1S/C27H18BrClN4O4S2/c28-15-3-9-18(10-4-15)33-24(35)21-20(14-2-1-11-30-12-14)23-26(38-22(21)25(33)36)32(27(37)39-23)13-19(34)31-17-7-5-16(29)6-8-17/h1-12,20-22H,13H2,(H,31,34). The van der Waals surface area contributed by atoms with Crippen LogP contribution in [0.4, 0.5) is 11.4 Å². The van der Waals surface area contributed by atoms with Gasteiger partial charge in [-0.05, 0) is 60.2 Å². The van der Waals surface area contributed by atoms with Gasteiger partial charge in [0.2, 0.25) is 17.7 Å². The molecule has 0 spiro atoms. The summed E-state index contributed by atoms with van der Waals surface area (Å²) in [6, 6.07) is 17.2. The summed E-state index contributed by atoms with van der Waals surface area (Å²) < 4.78 is 2.21. The van der Waals surface area contributed by atoms with Gasteiger partial charge in [0.05, 0.1) is 16.6 Å². The Morgan fingerprint density at radius 1 is 1.03 bits per heavy atom. The average molecular weight is 642 g/mol. The highest BCUT2D eigenvalue weighted by atomic mass is 79.9. The number of carbonyl (C=O) groups is 3. The quantitative estimate of drug-likeness (QED) is 0.303. The van der Waals surface area contributed by atoms with E-state index >= 15 is 0 Å². The summed E-state index contributed by atoms with van der Waals surface area (Å²) in [7, 11) is 0. The zero-order valence-corrected chi connectivity index (χ0v) is 23.9. The first-order valence-corrected chi connectivity index (χ1v) is 14.7. The van der Waals surface area contributed by atoms with Crippen LogP contribution in [0.25, 0.3) is 0 Å². The number of hydrogen-bond donors (Lipinski definition) is 1. The summed E-state index contributed by atoms with van der Waals surface area (Å²) >= 11 is 11.5. The van der Waals surface area contributed by atoms with Gasteiger partial charge in [0.25, 0.3) is 0 Å². The number of fused-ring (bicyclic) bond motifs is 2. The molecule has 2 aromatic carbocycles. The lowest BCUT2D eigenvalue weighted by molar-refractivity contribution is -0.122. The molecule has 2 aliphatic rings. The van der Waals surface area contributed by atoms with Gasteiger partial charge in [-0.15, -0.1) is 0 Å². The molecule has 1 saturated heterocycles. The molecule has 3 amide bonds. The lowest BCUT2D eigenvalue weighted by atomic mass is 9.84. The fraction of sp³-hybridized carbons (Fsp3) is 0.148. The second-order valence-corrected chi connectivity index (χ2v) is 12.5. The molecule has 4 aromatic rings. The summed E-state index contributed by atoms with van der Waals surface area (Å²) in [5.74, 6) is -2.36.